The van der Waals surface area contributed by atoms with E-state index in [0.717, 1.165) is 22.2 Å². The molecule has 4 heteroatoms. The molecule has 2 rings (SSSR count). The van der Waals surface area contributed by atoms with Crippen LogP contribution in [0.5, 0.6) is 0 Å². The molecular weight excluding hydrogens is 324 g/mol. The molecule has 1 aromatic carbocycles. The minimum absolute atomic E-state index is 0.295. The molecule has 1 heterocycles. The third kappa shape index (κ3) is 3.15. The molecule has 0 unspecified atom stereocenters. The Labute approximate surface area is 127 Å². The van der Waals surface area contributed by atoms with Crippen molar-refractivity contribution in [2.75, 3.05) is 0 Å². The van der Waals surface area contributed by atoms with Crippen molar-refractivity contribution in [1.29, 1.82) is 0 Å². The maximum atomic E-state index is 6.17. The molecule has 19 heavy (non-hydrogen) atoms. The van der Waals surface area contributed by atoms with Gasteiger partial charge < -0.3 is 0 Å². The van der Waals surface area contributed by atoms with Crippen LogP contribution in [0.3, 0.4) is 0 Å². The summed E-state index contributed by atoms with van der Waals surface area (Å²) in [6.45, 7) is 6.32. The van der Waals surface area contributed by atoms with Gasteiger partial charge in [0, 0.05) is 5.56 Å². The Hall–Kier alpha value is -0.930. The van der Waals surface area contributed by atoms with E-state index < -0.39 is 0 Å². The highest BCUT2D eigenvalue weighted by Gasteiger charge is 2.14. The second-order valence-electron chi connectivity index (χ2n) is 4.74. The van der Waals surface area contributed by atoms with E-state index in [9.17, 15) is 0 Å². The van der Waals surface area contributed by atoms with Crippen molar-refractivity contribution in [3.05, 3.63) is 45.1 Å². The summed E-state index contributed by atoms with van der Waals surface area (Å²) in [6.07, 6.45) is 1.03. The first-order chi connectivity index (χ1) is 9.02. The van der Waals surface area contributed by atoms with Crippen LogP contribution >= 0.6 is 27.5 Å². The lowest BCUT2D eigenvalue weighted by molar-refractivity contribution is 0.809. The first-order valence-corrected chi connectivity index (χ1v) is 7.52. The predicted octanol–water partition coefficient (Wildman–Crippen LogP) is 5.25. The third-order valence-electron chi connectivity index (χ3n) is 3.00. The van der Waals surface area contributed by atoms with Gasteiger partial charge in [-0.05, 0) is 33.8 Å². The van der Waals surface area contributed by atoms with Gasteiger partial charge in [-0.1, -0.05) is 56.6 Å². The number of hydrogen-bond acceptors (Lipinski definition) is 2. The molecule has 100 valence electrons. The van der Waals surface area contributed by atoms with Gasteiger partial charge in [-0.2, -0.15) is 0 Å². The highest BCUT2D eigenvalue weighted by molar-refractivity contribution is 9.10. The molecule has 0 saturated carbocycles. The van der Waals surface area contributed by atoms with Crippen LogP contribution in [0.25, 0.3) is 11.4 Å². The fraction of sp³-hybridized carbons (Fsp3) is 0.333. The fourth-order valence-electron chi connectivity index (χ4n) is 1.84. The second-order valence-corrected chi connectivity index (χ2v) is 5.89. The molecule has 0 aliphatic heterocycles. The van der Waals surface area contributed by atoms with Crippen LogP contribution < -0.4 is 0 Å². The Balaban J connectivity index is 2.49. The van der Waals surface area contributed by atoms with E-state index in [-0.39, 0.29) is 0 Å². The van der Waals surface area contributed by atoms with E-state index in [1.165, 1.54) is 5.56 Å². The van der Waals surface area contributed by atoms with Crippen molar-refractivity contribution >= 4 is 27.5 Å². The van der Waals surface area contributed by atoms with Crippen molar-refractivity contribution in [3.63, 3.8) is 0 Å². The van der Waals surface area contributed by atoms with Gasteiger partial charge in [-0.25, -0.2) is 9.97 Å². The lowest BCUT2D eigenvalue weighted by Gasteiger charge is -2.11. The Kier molecular flexibility index (Phi) is 4.58. The Morgan fingerprint density at radius 3 is 2.32 bits per heavy atom. The van der Waals surface area contributed by atoms with E-state index in [4.69, 9.17) is 11.6 Å². The van der Waals surface area contributed by atoms with Gasteiger partial charge in [0.05, 0.1) is 10.2 Å². The summed E-state index contributed by atoms with van der Waals surface area (Å²) in [4.78, 5) is 8.96. The summed E-state index contributed by atoms with van der Waals surface area (Å²) in [7, 11) is 0. The van der Waals surface area contributed by atoms with Crippen LogP contribution in [-0.4, -0.2) is 9.97 Å². The highest BCUT2D eigenvalue weighted by atomic mass is 79.9. The average Bonchev–Trinajstić information content (AvgIpc) is 2.41. The third-order valence-corrected chi connectivity index (χ3v) is 4.29. The van der Waals surface area contributed by atoms with E-state index in [1.54, 1.807) is 0 Å². The van der Waals surface area contributed by atoms with E-state index in [0.29, 0.717) is 16.9 Å². The largest absolute Gasteiger partial charge is 0.232 e. The van der Waals surface area contributed by atoms with Gasteiger partial charge >= 0.3 is 0 Å². The SMILES string of the molecule is CCc1ccc(-c2nc(Cl)c(Br)c(C(C)C)n2)cc1. The zero-order chi connectivity index (χ0) is 14.0. The molecule has 0 radical (unpaired) electrons. The van der Waals surface area contributed by atoms with Gasteiger partial charge in [-0.15, -0.1) is 0 Å². The lowest BCUT2D eigenvalue weighted by atomic mass is 10.1. The van der Waals surface area contributed by atoms with Crippen molar-refractivity contribution in [3.8, 4) is 11.4 Å². The van der Waals surface area contributed by atoms with Crippen LogP contribution in [0.2, 0.25) is 5.15 Å². The zero-order valence-electron chi connectivity index (χ0n) is 11.2. The van der Waals surface area contributed by atoms with Crippen LogP contribution in [0.15, 0.2) is 28.7 Å². The molecule has 0 amide bonds. The molecule has 0 atom stereocenters. The van der Waals surface area contributed by atoms with Crippen molar-refractivity contribution < 1.29 is 0 Å². The molecule has 1 aromatic heterocycles. The quantitative estimate of drug-likeness (QED) is 0.714. The molecule has 0 spiro atoms. The Morgan fingerprint density at radius 2 is 1.79 bits per heavy atom. The molecule has 0 aliphatic rings. The summed E-state index contributed by atoms with van der Waals surface area (Å²) in [5.74, 6) is 0.975. The summed E-state index contributed by atoms with van der Waals surface area (Å²) in [5.41, 5.74) is 3.24. The molecule has 0 N–H and O–H groups in total. The van der Waals surface area contributed by atoms with Gasteiger partial charge in [0.25, 0.3) is 0 Å². The fourth-order valence-corrected chi connectivity index (χ4v) is 2.65. The van der Waals surface area contributed by atoms with E-state index in [2.05, 4.69) is 58.8 Å². The van der Waals surface area contributed by atoms with Crippen molar-refractivity contribution in [2.45, 2.75) is 33.1 Å². The van der Waals surface area contributed by atoms with Gasteiger partial charge in [-0.3, -0.25) is 0 Å². The van der Waals surface area contributed by atoms with Crippen LogP contribution in [0, 0.1) is 0 Å². The number of hydrogen-bond donors (Lipinski definition) is 0. The minimum atomic E-state index is 0.295. The molecule has 2 aromatic rings. The first kappa shape index (κ1) is 14.5. The van der Waals surface area contributed by atoms with Crippen LogP contribution in [0.1, 0.15) is 37.9 Å². The molecule has 2 nitrogen and oxygen atoms in total. The standard InChI is InChI=1S/C15H16BrClN2/c1-4-10-5-7-11(8-6-10)15-18-13(9(2)3)12(16)14(17)19-15/h5-9H,4H2,1-3H3. The van der Waals surface area contributed by atoms with Crippen molar-refractivity contribution in [2.24, 2.45) is 0 Å². The number of aryl methyl sites for hydroxylation is 1. The molecule has 0 fully saturated rings. The topological polar surface area (TPSA) is 25.8 Å². The number of nitrogens with zero attached hydrogens (tertiary/aromatic N) is 2. The number of benzene rings is 1. The van der Waals surface area contributed by atoms with Crippen LogP contribution in [-0.2, 0) is 6.42 Å². The molecular formula is C15H16BrClN2. The first-order valence-electron chi connectivity index (χ1n) is 6.35. The van der Waals surface area contributed by atoms with Gasteiger partial charge in [0.1, 0.15) is 5.15 Å². The second kappa shape index (κ2) is 6.02. The van der Waals surface area contributed by atoms with E-state index >= 15 is 0 Å². The summed E-state index contributed by atoms with van der Waals surface area (Å²) >= 11 is 9.63. The summed E-state index contributed by atoms with van der Waals surface area (Å²) in [6, 6.07) is 8.29. The minimum Gasteiger partial charge on any atom is -0.232 e. The smallest absolute Gasteiger partial charge is 0.161 e. The predicted molar refractivity (Wildman–Crippen MR) is 83.6 cm³/mol. The number of rotatable bonds is 3. The van der Waals surface area contributed by atoms with Gasteiger partial charge in [0.15, 0.2) is 5.82 Å². The maximum Gasteiger partial charge on any atom is 0.161 e. The number of halogens is 2. The lowest BCUT2D eigenvalue weighted by Crippen LogP contribution is -2.00. The average molecular weight is 340 g/mol. The van der Waals surface area contributed by atoms with Crippen molar-refractivity contribution in [1.82, 2.24) is 9.97 Å². The molecule has 0 saturated heterocycles. The summed E-state index contributed by atoms with van der Waals surface area (Å²) in [5, 5.41) is 0.466. The Bertz CT molecular complexity index is 579. The maximum absolute atomic E-state index is 6.17. The molecule has 0 aliphatic carbocycles. The number of aromatic nitrogens is 2. The monoisotopic (exact) mass is 338 g/mol. The zero-order valence-corrected chi connectivity index (χ0v) is 13.6. The van der Waals surface area contributed by atoms with Crippen LogP contribution in [0.4, 0.5) is 0 Å². The molecule has 0 bridgehead atoms. The Morgan fingerprint density at radius 1 is 1.16 bits per heavy atom. The normalized spacial score (nSPS) is 11.1. The summed E-state index contributed by atoms with van der Waals surface area (Å²) < 4.78 is 0.790. The van der Waals surface area contributed by atoms with E-state index in [1.807, 2.05) is 12.1 Å². The highest BCUT2D eigenvalue weighted by Crippen LogP contribution is 2.31. The van der Waals surface area contributed by atoms with Gasteiger partial charge in [0.2, 0.25) is 0 Å².